The summed E-state index contributed by atoms with van der Waals surface area (Å²) >= 11 is 0. The van der Waals surface area contributed by atoms with Gasteiger partial charge in [0.1, 0.15) is 11.8 Å². The van der Waals surface area contributed by atoms with Gasteiger partial charge in [-0.1, -0.05) is 12.1 Å². The highest BCUT2D eigenvalue weighted by Crippen LogP contribution is 2.21. The minimum atomic E-state index is 0.580. The third-order valence-electron chi connectivity index (χ3n) is 3.82. The van der Waals surface area contributed by atoms with Crippen LogP contribution in [0.4, 0.5) is 0 Å². The van der Waals surface area contributed by atoms with Crippen LogP contribution in [0.3, 0.4) is 0 Å². The van der Waals surface area contributed by atoms with E-state index in [0.29, 0.717) is 12.1 Å². The Bertz CT molecular complexity index is 1000. The molecule has 5 heteroatoms. The summed E-state index contributed by atoms with van der Waals surface area (Å²) in [4.78, 5) is 8.76. The first kappa shape index (κ1) is 13.3. The van der Waals surface area contributed by atoms with Gasteiger partial charge in [-0.3, -0.25) is 4.98 Å². The van der Waals surface area contributed by atoms with Gasteiger partial charge in [-0.25, -0.2) is 4.98 Å². The summed E-state index contributed by atoms with van der Waals surface area (Å²) in [5.41, 5.74) is 3.41. The van der Waals surface area contributed by atoms with Gasteiger partial charge in [0.05, 0.1) is 17.6 Å². The highest BCUT2D eigenvalue weighted by molar-refractivity contribution is 5.65. The van der Waals surface area contributed by atoms with Gasteiger partial charge >= 0.3 is 0 Å². The molecule has 0 saturated carbocycles. The highest BCUT2D eigenvalue weighted by atomic mass is 15.1. The molecule has 0 aromatic carbocycles. The molecule has 110 valence electrons. The summed E-state index contributed by atoms with van der Waals surface area (Å²) in [6.07, 6.45) is 9.37. The van der Waals surface area contributed by atoms with Crippen molar-refractivity contribution in [2.24, 2.45) is 0 Å². The Kier molecular flexibility index (Phi) is 3.13. The van der Waals surface area contributed by atoms with Crippen molar-refractivity contribution in [3.63, 3.8) is 0 Å². The molecule has 5 nitrogen and oxygen atoms in total. The van der Waals surface area contributed by atoms with Crippen LogP contribution in [0.25, 0.3) is 17.0 Å². The Morgan fingerprint density at radius 1 is 1.00 bits per heavy atom. The minimum Gasteiger partial charge on any atom is -0.325 e. The molecule has 0 atom stereocenters. The lowest BCUT2D eigenvalue weighted by Gasteiger charge is -2.06. The number of fused-ring (bicyclic) bond motifs is 1. The largest absolute Gasteiger partial charge is 0.325 e. The highest BCUT2D eigenvalue weighted by Gasteiger charge is 2.13. The SMILES string of the molecule is N#Cc1c(Cn2ccnc2-c2ccccn2)cn2ccccc12. The zero-order valence-corrected chi connectivity index (χ0v) is 12.3. The normalized spacial score (nSPS) is 10.7. The van der Waals surface area contributed by atoms with E-state index in [1.54, 1.807) is 12.4 Å². The summed E-state index contributed by atoms with van der Waals surface area (Å²) in [5.74, 6) is 0.796. The molecular weight excluding hydrogens is 286 g/mol. The van der Waals surface area contributed by atoms with E-state index < -0.39 is 0 Å². The predicted octanol–water partition coefficient (Wildman–Crippen LogP) is 3.12. The molecule has 23 heavy (non-hydrogen) atoms. The maximum Gasteiger partial charge on any atom is 0.158 e. The van der Waals surface area contributed by atoms with Gasteiger partial charge in [0.15, 0.2) is 5.82 Å². The Labute approximate surface area is 133 Å². The summed E-state index contributed by atoms with van der Waals surface area (Å²) in [6, 6.07) is 13.9. The van der Waals surface area contributed by atoms with Crippen LogP contribution < -0.4 is 0 Å². The van der Waals surface area contributed by atoms with Crippen LogP contribution in [0.5, 0.6) is 0 Å². The summed E-state index contributed by atoms with van der Waals surface area (Å²) in [5, 5.41) is 9.52. The number of pyridine rings is 2. The van der Waals surface area contributed by atoms with Crippen LogP contribution in [0.1, 0.15) is 11.1 Å². The van der Waals surface area contributed by atoms with Gasteiger partial charge in [-0.15, -0.1) is 0 Å². The average molecular weight is 299 g/mol. The fourth-order valence-corrected chi connectivity index (χ4v) is 2.77. The van der Waals surface area contributed by atoms with Gasteiger partial charge in [-0.05, 0) is 24.3 Å². The molecule has 0 bridgehead atoms. The molecule has 0 saturated heterocycles. The molecule has 4 aromatic heterocycles. The van der Waals surface area contributed by atoms with Gasteiger partial charge in [0.2, 0.25) is 0 Å². The van der Waals surface area contributed by atoms with E-state index in [4.69, 9.17) is 0 Å². The quantitative estimate of drug-likeness (QED) is 0.584. The summed E-state index contributed by atoms with van der Waals surface area (Å²) in [7, 11) is 0. The number of hydrogen-bond donors (Lipinski definition) is 0. The van der Waals surface area contributed by atoms with E-state index in [-0.39, 0.29) is 0 Å². The molecule has 4 aromatic rings. The Morgan fingerprint density at radius 3 is 2.74 bits per heavy atom. The monoisotopic (exact) mass is 299 g/mol. The van der Waals surface area contributed by atoms with Crippen LogP contribution in [-0.2, 0) is 6.54 Å². The van der Waals surface area contributed by atoms with Crippen molar-refractivity contribution < 1.29 is 0 Å². The van der Waals surface area contributed by atoms with Crippen molar-refractivity contribution >= 4 is 5.52 Å². The summed E-state index contributed by atoms with van der Waals surface area (Å²) < 4.78 is 3.99. The fourth-order valence-electron chi connectivity index (χ4n) is 2.77. The number of nitriles is 1. The molecule has 0 radical (unpaired) electrons. The average Bonchev–Trinajstić information content (AvgIpc) is 3.19. The molecule has 0 aliphatic rings. The molecule has 0 spiro atoms. The third-order valence-corrected chi connectivity index (χ3v) is 3.82. The first-order valence-electron chi connectivity index (χ1n) is 7.28. The molecule has 4 heterocycles. The van der Waals surface area contributed by atoms with Crippen LogP contribution >= 0.6 is 0 Å². The van der Waals surface area contributed by atoms with Crippen molar-refractivity contribution in [1.29, 1.82) is 5.26 Å². The van der Waals surface area contributed by atoms with Crippen LogP contribution in [0, 0.1) is 11.3 Å². The van der Waals surface area contributed by atoms with Crippen LogP contribution in [0.15, 0.2) is 67.4 Å². The maximum atomic E-state index is 9.52. The topological polar surface area (TPSA) is 58.9 Å². The Balaban J connectivity index is 1.78. The molecule has 0 amide bonds. The molecule has 0 N–H and O–H groups in total. The Morgan fingerprint density at radius 2 is 1.91 bits per heavy atom. The smallest absolute Gasteiger partial charge is 0.158 e. The minimum absolute atomic E-state index is 0.580. The van der Waals surface area contributed by atoms with Gasteiger partial charge in [-0.2, -0.15) is 5.26 Å². The summed E-state index contributed by atoms with van der Waals surface area (Å²) in [6.45, 7) is 0.580. The molecule has 0 aliphatic heterocycles. The van der Waals surface area contributed by atoms with Gasteiger partial charge in [0.25, 0.3) is 0 Å². The van der Waals surface area contributed by atoms with Gasteiger partial charge < -0.3 is 8.97 Å². The molecule has 0 fully saturated rings. The van der Waals surface area contributed by atoms with Crippen molar-refractivity contribution in [2.75, 3.05) is 0 Å². The van der Waals surface area contributed by atoms with Crippen LogP contribution in [-0.4, -0.2) is 18.9 Å². The van der Waals surface area contributed by atoms with E-state index in [1.165, 1.54) is 0 Å². The van der Waals surface area contributed by atoms with E-state index in [9.17, 15) is 5.26 Å². The zero-order valence-electron chi connectivity index (χ0n) is 12.3. The third kappa shape index (κ3) is 2.27. The number of rotatable bonds is 3. The molecule has 0 unspecified atom stereocenters. The number of hydrogen-bond acceptors (Lipinski definition) is 3. The van der Waals surface area contributed by atoms with Crippen molar-refractivity contribution in [3.8, 4) is 17.6 Å². The Hall–Kier alpha value is -3.39. The molecular formula is C18H13N5. The van der Waals surface area contributed by atoms with Crippen molar-refractivity contribution in [2.45, 2.75) is 6.54 Å². The first-order valence-corrected chi connectivity index (χ1v) is 7.28. The van der Waals surface area contributed by atoms with Crippen molar-refractivity contribution in [1.82, 2.24) is 18.9 Å². The molecule has 0 aliphatic carbocycles. The number of imidazole rings is 1. The molecule has 4 rings (SSSR count). The zero-order chi connectivity index (χ0) is 15.6. The van der Waals surface area contributed by atoms with E-state index in [0.717, 1.165) is 22.6 Å². The van der Waals surface area contributed by atoms with Gasteiger partial charge in [0, 0.05) is 36.5 Å². The number of aromatic nitrogens is 4. The first-order chi connectivity index (χ1) is 11.4. The second kappa shape index (κ2) is 5.43. The van der Waals surface area contributed by atoms with E-state index in [1.807, 2.05) is 64.0 Å². The lowest BCUT2D eigenvalue weighted by atomic mass is 10.2. The van der Waals surface area contributed by atoms with Crippen LogP contribution in [0.2, 0.25) is 0 Å². The standard InChI is InChI=1S/C18H13N5/c19-11-15-14(12-22-9-4-2-6-17(15)22)13-23-10-8-21-18(23)16-5-1-3-7-20-16/h1-10,12H,13H2. The second-order valence-electron chi connectivity index (χ2n) is 5.23. The fraction of sp³-hybridized carbons (Fsp3) is 0.0556. The predicted molar refractivity (Wildman–Crippen MR) is 86.7 cm³/mol. The van der Waals surface area contributed by atoms with Crippen molar-refractivity contribution in [3.05, 3.63) is 78.5 Å². The maximum absolute atomic E-state index is 9.52. The van der Waals surface area contributed by atoms with E-state index >= 15 is 0 Å². The second-order valence-corrected chi connectivity index (χ2v) is 5.23. The lowest BCUT2D eigenvalue weighted by molar-refractivity contribution is 0.802. The lowest BCUT2D eigenvalue weighted by Crippen LogP contribution is -2.02. The number of nitrogens with zero attached hydrogens (tertiary/aromatic N) is 5. The van der Waals surface area contributed by atoms with E-state index in [2.05, 4.69) is 16.0 Å².